The molecule has 0 fully saturated rings. The van der Waals surface area contributed by atoms with Crippen molar-refractivity contribution in [1.82, 2.24) is 25.6 Å². The number of hydrazine groups is 1. The van der Waals surface area contributed by atoms with Crippen LogP contribution in [-0.2, 0) is 6.54 Å². The zero-order valence-corrected chi connectivity index (χ0v) is 15.0. The minimum absolute atomic E-state index is 0.171. The van der Waals surface area contributed by atoms with E-state index in [-0.39, 0.29) is 5.76 Å². The normalized spacial score (nSPS) is 10.8. The van der Waals surface area contributed by atoms with Crippen LogP contribution < -0.4 is 10.9 Å². The number of para-hydroxylation sites is 1. The van der Waals surface area contributed by atoms with Crippen LogP contribution in [0.4, 0.5) is 0 Å². The Hall–Kier alpha value is -3.94. The number of carbonyl (C=O) groups is 2. The van der Waals surface area contributed by atoms with Crippen LogP contribution in [-0.4, -0.2) is 26.6 Å². The maximum atomic E-state index is 12.4. The number of nitrogens with one attached hydrogen (secondary N) is 2. The van der Waals surface area contributed by atoms with E-state index in [9.17, 15) is 9.59 Å². The zero-order chi connectivity index (χ0) is 19.5. The molecule has 0 aliphatic heterocycles. The summed E-state index contributed by atoms with van der Waals surface area (Å²) in [6.45, 7) is 2.36. The molecule has 0 unspecified atom stereocenters. The van der Waals surface area contributed by atoms with Gasteiger partial charge in [0.05, 0.1) is 6.54 Å². The fourth-order valence-electron chi connectivity index (χ4n) is 2.90. The average Bonchev–Trinajstić information content (AvgIpc) is 3.35. The summed E-state index contributed by atoms with van der Waals surface area (Å²) in [4.78, 5) is 28.5. The Balaban J connectivity index is 1.39. The Kier molecular flexibility index (Phi) is 4.59. The highest BCUT2D eigenvalue weighted by atomic mass is 16.3. The number of amides is 2. The number of nitrogens with zero attached hydrogens (tertiary/aromatic N) is 3. The molecule has 8 heteroatoms. The highest BCUT2D eigenvalue weighted by Gasteiger charge is 2.18. The van der Waals surface area contributed by atoms with Crippen LogP contribution in [0.3, 0.4) is 0 Å². The summed E-state index contributed by atoms with van der Waals surface area (Å²) >= 11 is 0. The van der Waals surface area contributed by atoms with Gasteiger partial charge in [-0.05, 0) is 30.7 Å². The molecule has 4 rings (SSSR count). The average molecular weight is 375 g/mol. The highest BCUT2D eigenvalue weighted by Crippen LogP contribution is 2.24. The van der Waals surface area contributed by atoms with Crippen LogP contribution >= 0.6 is 0 Å². The van der Waals surface area contributed by atoms with Crippen LogP contribution in [0.15, 0.2) is 65.6 Å². The largest absolute Gasteiger partial charge is 0.451 e. The molecule has 0 atom stereocenters. The number of aromatic nitrogens is 3. The lowest BCUT2D eigenvalue weighted by Crippen LogP contribution is -2.41. The van der Waals surface area contributed by atoms with Crippen LogP contribution in [0.1, 0.15) is 32.0 Å². The van der Waals surface area contributed by atoms with Gasteiger partial charge < -0.3 is 4.42 Å². The van der Waals surface area contributed by atoms with Crippen molar-refractivity contribution in [2.24, 2.45) is 0 Å². The van der Waals surface area contributed by atoms with Gasteiger partial charge in [-0.2, -0.15) is 5.10 Å². The summed E-state index contributed by atoms with van der Waals surface area (Å²) in [5.74, 6) is -0.760. The summed E-state index contributed by atoms with van der Waals surface area (Å²) in [6, 6.07) is 14.4. The fourth-order valence-corrected chi connectivity index (χ4v) is 2.90. The smallest absolute Gasteiger partial charge is 0.305 e. The van der Waals surface area contributed by atoms with Crippen LogP contribution in [0.5, 0.6) is 0 Å². The van der Waals surface area contributed by atoms with Crippen molar-refractivity contribution >= 4 is 22.8 Å². The Labute approximate surface area is 160 Å². The second-order valence-electron chi connectivity index (χ2n) is 6.25. The molecule has 2 N–H and O–H groups in total. The molecular formula is C20H17N5O3. The van der Waals surface area contributed by atoms with Gasteiger partial charge in [0, 0.05) is 16.5 Å². The molecule has 4 aromatic rings. The maximum Gasteiger partial charge on any atom is 0.305 e. The van der Waals surface area contributed by atoms with Gasteiger partial charge in [-0.1, -0.05) is 30.3 Å². The van der Waals surface area contributed by atoms with E-state index in [0.717, 1.165) is 16.5 Å². The minimum Gasteiger partial charge on any atom is -0.451 e. The Morgan fingerprint density at radius 1 is 1.04 bits per heavy atom. The predicted molar refractivity (Wildman–Crippen MR) is 101 cm³/mol. The van der Waals surface area contributed by atoms with Crippen molar-refractivity contribution in [3.05, 3.63) is 83.6 Å². The molecule has 2 heterocycles. The van der Waals surface area contributed by atoms with Gasteiger partial charge >= 0.3 is 5.91 Å². The Morgan fingerprint density at radius 2 is 1.79 bits per heavy atom. The monoisotopic (exact) mass is 375 g/mol. The van der Waals surface area contributed by atoms with E-state index in [1.54, 1.807) is 36.1 Å². The number of hydrogen-bond donors (Lipinski definition) is 2. The molecule has 0 saturated heterocycles. The number of aryl methyl sites for hydroxylation is 1. The van der Waals surface area contributed by atoms with Gasteiger partial charge in [0.25, 0.3) is 5.91 Å². The van der Waals surface area contributed by atoms with Gasteiger partial charge in [-0.15, -0.1) is 0 Å². The molecule has 2 aromatic heterocycles. The van der Waals surface area contributed by atoms with Gasteiger partial charge in [0.2, 0.25) is 0 Å². The van der Waals surface area contributed by atoms with Gasteiger partial charge in [0.1, 0.15) is 18.2 Å². The van der Waals surface area contributed by atoms with E-state index < -0.39 is 11.8 Å². The summed E-state index contributed by atoms with van der Waals surface area (Å²) in [6.07, 6.45) is 3.09. The maximum absolute atomic E-state index is 12.4. The molecule has 0 aliphatic carbocycles. The first-order chi connectivity index (χ1) is 13.6. The minimum atomic E-state index is -0.509. The second-order valence-corrected chi connectivity index (χ2v) is 6.25. The lowest BCUT2D eigenvalue weighted by atomic mass is 10.1. The number of hydrogen-bond acceptors (Lipinski definition) is 5. The summed E-state index contributed by atoms with van der Waals surface area (Å²) in [5.41, 5.74) is 7.55. The standard InChI is InChI=1S/C20H17N5O3/c1-13-16-4-2-3-5-17(16)28-18(13)20(27)24-23-19(26)15-8-6-14(7-9-15)10-25-12-21-11-22-25/h2-9,11-12H,10H2,1H3,(H,23,26)(H,24,27). The molecule has 0 spiro atoms. The van der Waals surface area contributed by atoms with Gasteiger partial charge in [0.15, 0.2) is 5.76 Å². The van der Waals surface area contributed by atoms with E-state index in [4.69, 9.17) is 4.42 Å². The van der Waals surface area contributed by atoms with Crippen LogP contribution in [0.25, 0.3) is 11.0 Å². The summed E-state index contributed by atoms with van der Waals surface area (Å²) < 4.78 is 7.27. The summed E-state index contributed by atoms with van der Waals surface area (Å²) in [7, 11) is 0. The van der Waals surface area contributed by atoms with Crippen molar-refractivity contribution in [1.29, 1.82) is 0 Å². The number of carbonyl (C=O) groups excluding carboxylic acids is 2. The first-order valence-corrected chi connectivity index (χ1v) is 8.62. The van der Waals surface area contributed by atoms with Gasteiger partial charge in [-0.25, -0.2) is 9.67 Å². The highest BCUT2D eigenvalue weighted by molar-refractivity contribution is 6.01. The quantitative estimate of drug-likeness (QED) is 0.534. The van der Waals surface area contributed by atoms with Crippen molar-refractivity contribution in [3.8, 4) is 0 Å². The van der Waals surface area contributed by atoms with Crippen molar-refractivity contribution < 1.29 is 14.0 Å². The van der Waals surface area contributed by atoms with Crippen molar-refractivity contribution in [2.75, 3.05) is 0 Å². The molecule has 2 aromatic carbocycles. The Bertz CT molecular complexity index is 1130. The van der Waals surface area contributed by atoms with Crippen LogP contribution in [0.2, 0.25) is 0 Å². The van der Waals surface area contributed by atoms with E-state index in [0.29, 0.717) is 17.7 Å². The van der Waals surface area contributed by atoms with Gasteiger partial charge in [-0.3, -0.25) is 20.4 Å². The number of furan rings is 1. The topological polar surface area (TPSA) is 102 Å². The SMILES string of the molecule is Cc1c(C(=O)NNC(=O)c2ccc(Cn3cncn3)cc2)oc2ccccc12. The number of fused-ring (bicyclic) bond motifs is 1. The molecule has 0 radical (unpaired) electrons. The number of rotatable bonds is 4. The molecule has 8 nitrogen and oxygen atoms in total. The van der Waals surface area contributed by atoms with E-state index in [1.807, 2.05) is 30.3 Å². The lowest BCUT2D eigenvalue weighted by Gasteiger charge is -2.07. The second kappa shape index (κ2) is 7.36. The first kappa shape index (κ1) is 17.5. The Morgan fingerprint density at radius 3 is 2.50 bits per heavy atom. The molecule has 2 amide bonds. The van der Waals surface area contributed by atoms with E-state index in [2.05, 4.69) is 20.9 Å². The van der Waals surface area contributed by atoms with Crippen molar-refractivity contribution in [3.63, 3.8) is 0 Å². The lowest BCUT2D eigenvalue weighted by molar-refractivity contribution is 0.0831. The molecule has 0 saturated carbocycles. The molecule has 28 heavy (non-hydrogen) atoms. The van der Waals surface area contributed by atoms with Crippen LogP contribution in [0, 0.1) is 6.92 Å². The third kappa shape index (κ3) is 3.48. The predicted octanol–water partition coefficient (Wildman–Crippen LogP) is 2.46. The summed E-state index contributed by atoms with van der Waals surface area (Å²) in [5, 5.41) is 4.90. The fraction of sp³-hybridized carbons (Fsp3) is 0.100. The first-order valence-electron chi connectivity index (χ1n) is 8.62. The molecule has 0 bridgehead atoms. The third-order valence-electron chi connectivity index (χ3n) is 4.37. The molecular weight excluding hydrogens is 358 g/mol. The number of benzene rings is 2. The van der Waals surface area contributed by atoms with E-state index >= 15 is 0 Å². The molecule has 0 aliphatic rings. The molecule has 140 valence electrons. The zero-order valence-electron chi connectivity index (χ0n) is 15.0. The van der Waals surface area contributed by atoms with Crippen molar-refractivity contribution in [2.45, 2.75) is 13.5 Å². The third-order valence-corrected chi connectivity index (χ3v) is 4.37. The van der Waals surface area contributed by atoms with E-state index in [1.165, 1.54) is 6.33 Å².